The van der Waals surface area contributed by atoms with Crippen molar-refractivity contribution in [3.63, 3.8) is 0 Å². The molecule has 2 aromatic rings. The lowest BCUT2D eigenvalue weighted by atomic mass is 9.99. The van der Waals surface area contributed by atoms with Gasteiger partial charge in [-0.2, -0.15) is 5.10 Å². The number of fused-ring (bicyclic) bond motifs is 1. The van der Waals surface area contributed by atoms with Crippen LogP contribution in [0.3, 0.4) is 0 Å². The predicted octanol–water partition coefficient (Wildman–Crippen LogP) is 3.24. The highest BCUT2D eigenvalue weighted by Crippen LogP contribution is 2.36. The Hall–Kier alpha value is -2.30. The third-order valence-corrected chi connectivity index (χ3v) is 4.77. The van der Waals surface area contributed by atoms with Crippen LogP contribution in [0.1, 0.15) is 43.5 Å². The normalized spacial score (nSPS) is 18.9. The Kier molecular flexibility index (Phi) is 3.18. The van der Waals surface area contributed by atoms with Gasteiger partial charge < -0.3 is 10.2 Å². The van der Waals surface area contributed by atoms with Gasteiger partial charge in [0.2, 0.25) is 0 Å². The Bertz CT molecular complexity index is 731. The average molecular weight is 310 g/mol. The van der Waals surface area contributed by atoms with Crippen molar-refractivity contribution in [2.45, 2.75) is 44.7 Å². The molecule has 1 N–H and O–H groups in total. The number of anilines is 2. The lowest BCUT2D eigenvalue weighted by Crippen LogP contribution is -2.37. The molecule has 4 rings (SSSR count). The van der Waals surface area contributed by atoms with Crippen LogP contribution in [-0.2, 0) is 5.54 Å². The first-order valence-corrected chi connectivity index (χ1v) is 8.29. The van der Waals surface area contributed by atoms with E-state index >= 15 is 0 Å². The Balaban J connectivity index is 1.73. The van der Waals surface area contributed by atoms with E-state index in [0.29, 0.717) is 11.6 Å². The summed E-state index contributed by atoms with van der Waals surface area (Å²) in [5.41, 5.74) is 1.58. The van der Waals surface area contributed by atoms with Crippen LogP contribution in [0.4, 0.5) is 11.5 Å². The summed E-state index contributed by atoms with van der Waals surface area (Å²) in [6, 6.07) is 10.3. The van der Waals surface area contributed by atoms with Gasteiger partial charge in [-0.1, -0.05) is 18.2 Å². The molecule has 2 aliphatic rings. The maximum atomic E-state index is 13.2. The van der Waals surface area contributed by atoms with Gasteiger partial charge in [0.1, 0.15) is 11.4 Å². The third-order valence-electron chi connectivity index (χ3n) is 4.77. The van der Waals surface area contributed by atoms with Crippen molar-refractivity contribution in [3.8, 4) is 0 Å². The summed E-state index contributed by atoms with van der Waals surface area (Å²) < 4.78 is 1.96. The highest BCUT2D eigenvalue weighted by Gasteiger charge is 2.38. The third kappa shape index (κ3) is 2.40. The average Bonchev–Trinajstić information content (AvgIpc) is 3.25. The molecule has 0 saturated heterocycles. The summed E-state index contributed by atoms with van der Waals surface area (Å²) >= 11 is 0. The molecule has 1 aromatic heterocycles. The van der Waals surface area contributed by atoms with E-state index in [1.807, 2.05) is 39.9 Å². The second kappa shape index (κ2) is 5.11. The molecule has 0 bridgehead atoms. The zero-order valence-electron chi connectivity index (χ0n) is 13.6. The van der Waals surface area contributed by atoms with Gasteiger partial charge in [0.05, 0.1) is 11.7 Å². The van der Waals surface area contributed by atoms with E-state index in [1.165, 1.54) is 0 Å². The molecule has 23 heavy (non-hydrogen) atoms. The van der Waals surface area contributed by atoms with Crippen molar-refractivity contribution in [2.75, 3.05) is 16.8 Å². The molecule has 1 aliphatic carbocycles. The van der Waals surface area contributed by atoms with E-state index in [4.69, 9.17) is 0 Å². The number of benzene rings is 1. The summed E-state index contributed by atoms with van der Waals surface area (Å²) in [7, 11) is 0. The van der Waals surface area contributed by atoms with Gasteiger partial charge in [-0.05, 0) is 45.2 Å². The van der Waals surface area contributed by atoms with Gasteiger partial charge in [0.15, 0.2) is 0 Å². The predicted molar refractivity (Wildman–Crippen MR) is 90.9 cm³/mol. The standard InChI is InChI=1S/C18H22N4O/c1-18(2)10-11-19-16-15(12-20-22(16)18)17(23)21(14-8-9-14)13-6-4-3-5-7-13/h3-7,12,14,19H,8-11H2,1-2H3. The first-order chi connectivity index (χ1) is 11.1. The van der Waals surface area contributed by atoms with E-state index in [-0.39, 0.29) is 11.4 Å². The van der Waals surface area contributed by atoms with Crippen molar-refractivity contribution in [1.82, 2.24) is 9.78 Å². The minimum atomic E-state index is -0.0593. The molecule has 0 radical (unpaired) electrons. The zero-order chi connectivity index (χ0) is 16.0. The first kappa shape index (κ1) is 14.3. The second-order valence-electron chi connectivity index (χ2n) is 7.05. The van der Waals surface area contributed by atoms with Crippen LogP contribution in [0, 0.1) is 0 Å². The van der Waals surface area contributed by atoms with Crippen LogP contribution in [0.2, 0.25) is 0 Å². The number of para-hydroxylation sites is 1. The van der Waals surface area contributed by atoms with Crippen LogP contribution in [0.5, 0.6) is 0 Å². The topological polar surface area (TPSA) is 50.2 Å². The van der Waals surface area contributed by atoms with Crippen LogP contribution < -0.4 is 10.2 Å². The number of hydrogen-bond acceptors (Lipinski definition) is 3. The maximum absolute atomic E-state index is 13.2. The van der Waals surface area contributed by atoms with Crippen LogP contribution in [-0.4, -0.2) is 28.3 Å². The van der Waals surface area contributed by atoms with Crippen molar-refractivity contribution < 1.29 is 4.79 Å². The first-order valence-electron chi connectivity index (χ1n) is 8.29. The monoisotopic (exact) mass is 310 g/mol. The summed E-state index contributed by atoms with van der Waals surface area (Å²) in [6.07, 6.45) is 4.86. The molecule has 0 spiro atoms. The second-order valence-corrected chi connectivity index (χ2v) is 7.05. The number of carbonyl (C=O) groups is 1. The number of aromatic nitrogens is 2. The lowest BCUT2D eigenvalue weighted by Gasteiger charge is -2.33. The number of nitrogens with one attached hydrogen (secondary N) is 1. The summed E-state index contributed by atoms with van der Waals surface area (Å²) in [5.74, 6) is 0.901. The van der Waals surface area contributed by atoms with Crippen LogP contribution >= 0.6 is 0 Å². The van der Waals surface area contributed by atoms with Crippen LogP contribution in [0.25, 0.3) is 0 Å². The molecular formula is C18H22N4O. The number of hydrogen-bond donors (Lipinski definition) is 1. The quantitative estimate of drug-likeness (QED) is 0.947. The molecular weight excluding hydrogens is 288 g/mol. The summed E-state index contributed by atoms with van der Waals surface area (Å²) in [4.78, 5) is 15.1. The minimum absolute atomic E-state index is 0.0464. The van der Waals surface area contributed by atoms with Crippen molar-refractivity contribution in [2.24, 2.45) is 0 Å². The largest absolute Gasteiger partial charge is 0.370 e. The molecule has 0 atom stereocenters. The van der Waals surface area contributed by atoms with Gasteiger partial charge in [-0.25, -0.2) is 4.68 Å². The Morgan fingerprint density at radius 1 is 1.30 bits per heavy atom. The highest BCUT2D eigenvalue weighted by atomic mass is 16.2. The van der Waals surface area contributed by atoms with E-state index in [1.54, 1.807) is 6.20 Å². The lowest BCUT2D eigenvalue weighted by molar-refractivity contribution is 0.0985. The van der Waals surface area contributed by atoms with Crippen molar-refractivity contribution in [3.05, 3.63) is 42.1 Å². The molecule has 1 aromatic carbocycles. The Labute approximate surface area is 136 Å². The Morgan fingerprint density at radius 2 is 2.04 bits per heavy atom. The molecule has 2 heterocycles. The van der Waals surface area contributed by atoms with Gasteiger partial charge in [0.25, 0.3) is 5.91 Å². The van der Waals surface area contributed by atoms with Crippen molar-refractivity contribution in [1.29, 1.82) is 0 Å². The molecule has 0 unspecified atom stereocenters. The molecule has 1 saturated carbocycles. The summed E-state index contributed by atoms with van der Waals surface area (Å²) in [5, 5.41) is 7.86. The number of amides is 1. The SMILES string of the molecule is CC1(C)CCNc2c(C(=O)N(c3ccccc3)C3CC3)cnn21. The molecule has 5 heteroatoms. The van der Waals surface area contributed by atoms with E-state index in [9.17, 15) is 4.79 Å². The van der Waals surface area contributed by atoms with E-state index in [0.717, 1.165) is 37.3 Å². The number of rotatable bonds is 3. The molecule has 1 aliphatic heterocycles. The van der Waals surface area contributed by atoms with Gasteiger partial charge >= 0.3 is 0 Å². The van der Waals surface area contributed by atoms with Crippen LogP contribution in [0.15, 0.2) is 36.5 Å². The Morgan fingerprint density at radius 3 is 2.74 bits per heavy atom. The number of carbonyl (C=O) groups excluding carboxylic acids is 1. The molecule has 1 fully saturated rings. The highest BCUT2D eigenvalue weighted by molar-refractivity contribution is 6.09. The van der Waals surface area contributed by atoms with E-state index < -0.39 is 0 Å². The van der Waals surface area contributed by atoms with Gasteiger partial charge in [0, 0.05) is 18.3 Å². The number of nitrogens with zero attached hydrogens (tertiary/aromatic N) is 3. The molecule has 1 amide bonds. The molecule has 5 nitrogen and oxygen atoms in total. The zero-order valence-corrected chi connectivity index (χ0v) is 13.6. The minimum Gasteiger partial charge on any atom is -0.370 e. The maximum Gasteiger partial charge on any atom is 0.263 e. The fraction of sp³-hybridized carbons (Fsp3) is 0.444. The van der Waals surface area contributed by atoms with Gasteiger partial charge in [-0.15, -0.1) is 0 Å². The fourth-order valence-electron chi connectivity index (χ4n) is 3.27. The van der Waals surface area contributed by atoms with Gasteiger partial charge in [-0.3, -0.25) is 4.79 Å². The smallest absolute Gasteiger partial charge is 0.263 e. The van der Waals surface area contributed by atoms with E-state index in [2.05, 4.69) is 24.3 Å². The van der Waals surface area contributed by atoms with Crippen molar-refractivity contribution >= 4 is 17.4 Å². The molecule has 120 valence electrons. The summed E-state index contributed by atoms with van der Waals surface area (Å²) in [6.45, 7) is 5.19. The fourth-order valence-corrected chi connectivity index (χ4v) is 3.27.